The molecule has 6 heteroatoms. The summed E-state index contributed by atoms with van der Waals surface area (Å²) in [4.78, 5) is 27.5. The van der Waals surface area contributed by atoms with Crippen molar-refractivity contribution in [2.75, 3.05) is 0 Å². The fourth-order valence-electron chi connectivity index (χ4n) is 4.38. The lowest BCUT2D eigenvalue weighted by atomic mass is 10.0. The van der Waals surface area contributed by atoms with Crippen LogP contribution in [0.15, 0.2) is 97.7 Å². The smallest absolute Gasteiger partial charge is 0.117 e. The number of hydrogen-bond donors (Lipinski definition) is 0. The normalized spacial score (nSPS) is 11.5. The van der Waals surface area contributed by atoms with E-state index in [1.165, 1.54) is 0 Å². The van der Waals surface area contributed by atoms with Crippen LogP contribution < -0.4 is 0 Å². The van der Waals surface area contributed by atoms with Crippen LogP contribution in [-0.4, -0.2) is 29.9 Å². The molecule has 0 saturated carbocycles. The first-order valence-corrected chi connectivity index (χ1v) is 10.9. The van der Waals surface area contributed by atoms with E-state index >= 15 is 0 Å². The summed E-state index contributed by atoms with van der Waals surface area (Å²) >= 11 is 0. The van der Waals surface area contributed by atoms with E-state index in [-0.39, 0.29) is 0 Å². The van der Waals surface area contributed by atoms with E-state index in [9.17, 15) is 0 Å². The Labute approximate surface area is 194 Å². The van der Waals surface area contributed by atoms with Gasteiger partial charge in [-0.2, -0.15) is 0 Å². The topological polar surface area (TPSA) is 77.3 Å². The predicted octanol–water partition coefficient (Wildman–Crippen LogP) is 6.00. The Morgan fingerprint density at radius 2 is 1.15 bits per heavy atom. The molecule has 0 bridgehead atoms. The zero-order chi connectivity index (χ0) is 22.5. The minimum atomic E-state index is 0.759. The maximum Gasteiger partial charge on any atom is 0.117 e. The van der Waals surface area contributed by atoms with E-state index in [0.717, 1.165) is 66.3 Å². The van der Waals surface area contributed by atoms with Crippen LogP contribution in [0.1, 0.15) is 0 Å². The molecule has 0 radical (unpaired) electrons. The van der Waals surface area contributed by atoms with E-state index in [4.69, 9.17) is 9.97 Å². The third-order valence-corrected chi connectivity index (χ3v) is 6.09. The van der Waals surface area contributed by atoms with Crippen LogP contribution in [-0.2, 0) is 0 Å². The molecule has 0 amide bonds. The lowest BCUT2D eigenvalue weighted by Gasteiger charge is -2.08. The van der Waals surface area contributed by atoms with Gasteiger partial charge in [0.1, 0.15) is 11.0 Å². The summed E-state index contributed by atoms with van der Waals surface area (Å²) < 4.78 is 0. The Kier molecular flexibility index (Phi) is 4.04. The van der Waals surface area contributed by atoms with Crippen molar-refractivity contribution in [2.45, 2.75) is 0 Å². The second kappa shape index (κ2) is 7.35. The molecule has 0 aliphatic rings. The standard InChI is InChI=1S/C28H16N6/c1-2-19-7-8-20-14-21(15-32-26(20)25(19)30-11-1)17-3-5-18(6-4-17)24-16-33-28-23(34-24)10-9-22-27(28)31-13-12-29-22/h1-16H. The maximum absolute atomic E-state index is 4.82. The Hall–Kier alpha value is -4.84. The molecule has 0 saturated heterocycles. The highest BCUT2D eigenvalue weighted by molar-refractivity contribution is 6.03. The summed E-state index contributed by atoms with van der Waals surface area (Å²) in [5.41, 5.74) is 8.95. The van der Waals surface area contributed by atoms with Crippen LogP contribution in [0.3, 0.4) is 0 Å². The quantitative estimate of drug-likeness (QED) is 0.309. The molecule has 3 aromatic carbocycles. The van der Waals surface area contributed by atoms with E-state index in [1.54, 1.807) is 18.6 Å². The maximum atomic E-state index is 4.82. The highest BCUT2D eigenvalue weighted by Crippen LogP contribution is 2.29. The summed E-state index contributed by atoms with van der Waals surface area (Å²) in [5, 5.41) is 2.17. The Bertz CT molecular complexity index is 1720. The highest BCUT2D eigenvalue weighted by atomic mass is 14.8. The van der Waals surface area contributed by atoms with Gasteiger partial charge in [-0.1, -0.05) is 42.5 Å². The molecule has 158 valence electrons. The van der Waals surface area contributed by atoms with Gasteiger partial charge in [-0.15, -0.1) is 0 Å². The lowest BCUT2D eigenvalue weighted by Crippen LogP contribution is -1.92. The second-order valence-corrected chi connectivity index (χ2v) is 8.13. The van der Waals surface area contributed by atoms with Crippen molar-refractivity contribution in [3.63, 3.8) is 0 Å². The molecule has 0 spiro atoms. The molecular formula is C28H16N6. The van der Waals surface area contributed by atoms with Gasteiger partial charge in [0.25, 0.3) is 0 Å². The average molecular weight is 436 g/mol. The molecule has 7 rings (SSSR count). The number of fused-ring (bicyclic) bond motifs is 6. The van der Waals surface area contributed by atoms with Crippen LogP contribution in [0.25, 0.3) is 66.3 Å². The van der Waals surface area contributed by atoms with Crippen LogP contribution in [0.5, 0.6) is 0 Å². The van der Waals surface area contributed by atoms with Gasteiger partial charge in [-0.3, -0.25) is 19.9 Å². The molecule has 6 nitrogen and oxygen atoms in total. The fraction of sp³-hybridized carbons (Fsp3) is 0. The molecule has 0 atom stereocenters. The highest BCUT2D eigenvalue weighted by Gasteiger charge is 2.09. The zero-order valence-corrected chi connectivity index (χ0v) is 17.9. The number of hydrogen-bond acceptors (Lipinski definition) is 6. The van der Waals surface area contributed by atoms with Crippen molar-refractivity contribution in [2.24, 2.45) is 0 Å². The van der Waals surface area contributed by atoms with Gasteiger partial charge in [-0.25, -0.2) is 9.97 Å². The van der Waals surface area contributed by atoms with Crippen molar-refractivity contribution in [3.8, 4) is 22.4 Å². The molecule has 34 heavy (non-hydrogen) atoms. The van der Waals surface area contributed by atoms with Crippen molar-refractivity contribution in [3.05, 3.63) is 97.7 Å². The molecule has 0 aliphatic carbocycles. The molecule has 0 fully saturated rings. The lowest BCUT2D eigenvalue weighted by molar-refractivity contribution is 1.26. The van der Waals surface area contributed by atoms with Gasteiger partial charge < -0.3 is 0 Å². The summed E-state index contributed by atoms with van der Waals surface area (Å²) in [7, 11) is 0. The molecule has 0 aliphatic heterocycles. The van der Waals surface area contributed by atoms with Crippen LogP contribution in [0.4, 0.5) is 0 Å². The van der Waals surface area contributed by atoms with Gasteiger partial charge in [0, 0.05) is 46.7 Å². The Balaban J connectivity index is 1.26. The zero-order valence-electron chi connectivity index (χ0n) is 17.9. The Morgan fingerprint density at radius 3 is 2.09 bits per heavy atom. The van der Waals surface area contributed by atoms with Crippen LogP contribution >= 0.6 is 0 Å². The number of benzene rings is 3. The van der Waals surface area contributed by atoms with E-state index in [1.807, 2.05) is 30.6 Å². The predicted molar refractivity (Wildman–Crippen MR) is 134 cm³/mol. The minimum Gasteiger partial charge on any atom is -0.254 e. The van der Waals surface area contributed by atoms with Crippen LogP contribution in [0, 0.1) is 0 Å². The van der Waals surface area contributed by atoms with E-state index in [2.05, 4.69) is 68.5 Å². The van der Waals surface area contributed by atoms with Gasteiger partial charge in [0.05, 0.1) is 34.0 Å². The fourth-order valence-corrected chi connectivity index (χ4v) is 4.38. The SMILES string of the molecule is c1cnc2c(c1)ccc1cc(-c3ccc(-c4cnc5c(ccc6nccnc65)n4)cc3)cnc12. The van der Waals surface area contributed by atoms with Gasteiger partial charge in [-0.05, 0) is 29.8 Å². The van der Waals surface area contributed by atoms with Crippen molar-refractivity contribution in [1.82, 2.24) is 29.9 Å². The van der Waals surface area contributed by atoms with E-state index in [0.29, 0.717) is 0 Å². The third-order valence-electron chi connectivity index (χ3n) is 6.09. The van der Waals surface area contributed by atoms with Gasteiger partial charge >= 0.3 is 0 Å². The first-order valence-electron chi connectivity index (χ1n) is 10.9. The molecule has 0 N–H and O–H groups in total. The first-order chi connectivity index (χ1) is 16.8. The van der Waals surface area contributed by atoms with Crippen molar-refractivity contribution < 1.29 is 0 Å². The first kappa shape index (κ1) is 18.7. The number of aromatic nitrogens is 6. The van der Waals surface area contributed by atoms with Crippen LogP contribution in [0.2, 0.25) is 0 Å². The summed E-state index contributed by atoms with van der Waals surface area (Å²) in [6.45, 7) is 0. The minimum absolute atomic E-state index is 0.759. The molecule has 7 aromatic rings. The largest absolute Gasteiger partial charge is 0.254 e. The number of rotatable bonds is 2. The summed E-state index contributed by atoms with van der Waals surface area (Å²) in [6.07, 6.45) is 8.87. The number of pyridine rings is 2. The van der Waals surface area contributed by atoms with E-state index < -0.39 is 0 Å². The summed E-state index contributed by atoms with van der Waals surface area (Å²) in [5.74, 6) is 0. The monoisotopic (exact) mass is 436 g/mol. The van der Waals surface area contributed by atoms with Crippen molar-refractivity contribution >= 4 is 43.9 Å². The third kappa shape index (κ3) is 2.97. The molecule has 0 unspecified atom stereocenters. The molecule has 4 aromatic heterocycles. The van der Waals surface area contributed by atoms with Gasteiger partial charge in [0.15, 0.2) is 0 Å². The number of nitrogens with zero attached hydrogens (tertiary/aromatic N) is 6. The van der Waals surface area contributed by atoms with Gasteiger partial charge in [0.2, 0.25) is 0 Å². The molecule has 4 heterocycles. The average Bonchev–Trinajstić information content (AvgIpc) is 2.92. The summed E-state index contributed by atoms with van der Waals surface area (Å²) in [6, 6.07) is 22.5. The Morgan fingerprint density at radius 1 is 0.441 bits per heavy atom. The molecular weight excluding hydrogens is 420 g/mol. The van der Waals surface area contributed by atoms with Crippen molar-refractivity contribution in [1.29, 1.82) is 0 Å². The second-order valence-electron chi connectivity index (χ2n) is 8.13.